The quantitative estimate of drug-likeness (QED) is 0.515. The van der Waals surface area contributed by atoms with E-state index in [1.165, 1.54) is 0 Å². The molecule has 0 saturated carbocycles. The molecule has 8 heteroatoms. The van der Waals surface area contributed by atoms with Crippen LogP contribution in [0.5, 0.6) is 0 Å². The first-order chi connectivity index (χ1) is 5.72. The van der Waals surface area contributed by atoms with Crippen LogP contribution in [0.25, 0.3) is 0 Å². The van der Waals surface area contributed by atoms with Gasteiger partial charge in [0.2, 0.25) is 6.36 Å². The Morgan fingerprint density at radius 3 is 1.92 bits per heavy atom. The van der Waals surface area contributed by atoms with Crippen LogP contribution in [0.4, 0.5) is 30.7 Å². The highest BCUT2D eigenvalue weighted by Gasteiger charge is 2.34. The third-order valence-corrected chi connectivity index (χ3v) is 0.772. The zero-order valence-electron chi connectivity index (χ0n) is 5.84. The van der Waals surface area contributed by atoms with Gasteiger partial charge in [0, 0.05) is 0 Å². The second-order valence-electron chi connectivity index (χ2n) is 1.88. The third-order valence-electron chi connectivity index (χ3n) is 0.772. The van der Waals surface area contributed by atoms with Crippen molar-refractivity contribution in [1.82, 2.24) is 0 Å². The number of alkyl halides is 4. The van der Waals surface area contributed by atoms with Gasteiger partial charge in [-0.15, -0.1) is 0 Å². The van der Waals surface area contributed by atoms with Gasteiger partial charge in [-0.05, 0) is 0 Å². The van der Waals surface area contributed by atoms with Gasteiger partial charge in [0.1, 0.15) is 6.42 Å². The number of rotatable bonds is 3. The molecule has 0 aliphatic rings. The van der Waals surface area contributed by atoms with Crippen molar-refractivity contribution in [3.8, 4) is 0 Å². The fourth-order valence-corrected chi connectivity index (χ4v) is 0.380. The molecule has 0 spiro atoms. The highest BCUT2D eigenvalue weighted by molar-refractivity contribution is 4.81. The van der Waals surface area contributed by atoms with Crippen molar-refractivity contribution in [2.24, 2.45) is 0 Å². The molecular weight excluding hydrogens is 209 g/mol. The number of hydrogen-bond acceptors (Lipinski definition) is 1. The van der Waals surface area contributed by atoms with E-state index in [0.29, 0.717) is 0 Å². The lowest BCUT2D eigenvalue weighted by Gasteiger charge is -2.10. The Morgan fingerprint density at radius 2 is 1.62 bits per heavy atom. The van der Waals surface area contributed by atoms with Crippen molar-refractivity contribution < 1.29 is 35.5 Å². The van der Waals surface area contributed by atoms with Crippen LogP contribution in [-0.4, -0.2) is 12.5 Å². The Labute approximate surface area is 67.8 Å². The van der Waals surface area contributed by atoms with Gasteiger partial charge in [0.05, 0.1) is 0 Å². The van der Waals surface area contributed by atoms with E-state index < -0.39 is 31.0 Å². The van der Waals surface area contributed by atoms with E-state index in [9.17, 15) is 30.7 Å². The minimum absolute atomic E-state index is 2.15. The molecule has 0 bridgehead atoms. The minimum atomic E-state index is -4.94. The van der Waals surface area contributed by atoms with Gasteiger partial charge in [0.15, 0.2) is 0 Å². The van der Waals surface area contributed by atoms with Crippen molar-refractivity contribution in [2.45, 2.75) is 19.0 Å². The summed E-state index contributed by atoms with van der Waals surface area (Å²) in [4.78, 5) is 0. The van der Waals surface area contributed by atoms with E-state index in [1.807, 2.05) is 0 Å². The zero-order valence-corrected chi connectivity index (χ0v) is 5.84. The molecule has 0 N–H and O–H groups in total. The van der Waals surface area contributed by atoms with E-state index in [-0.39, 0.29) is 0 Å². The van der Waals surface area contributed by atoms with Gasteiger partial charge in [-0.3, -0.25) is 0 Å². The molecule has 1 unspecified atom stereocenters. The lowest BCUT2D eigenvalue weighted by molar-refractivity contribution is -0.180. The van der Waals surface area contributed by atoms with Gasteiger partial charge in [-0.25, -0.2) is 4.39 Å². The van der Waals surface area contributed by atoms with Gasteiger partial charge in [-0.2, -0.15) is 26.3 Å². The summed E-state index contributed by atoms with van der Waals surface area (Å²) in [7, 11) is 0. The molecule has 0 rings (SSSR count). The topological polar surface area (TPSA) is 9.23 Å². The minimum Gasteiger partial charge on any atom is -0.432 e. The van der Waals surface area contributed by atoms with E-state index in [0.717, 1.165) is 0 Å². The van der Waals surface area contributed by atoms with Crippen LogP contribution in [0.15, 0.2) is 12.1 Å². The maximum absolute atomic E-state index is 12.0. The average Bonchev–Trinajstić information content (AvgIpc) is 1.81. The summed E-state index contributed by atoms with van der Waals surface area (Å²) >= 11 is 0. The monoisotopic (exact) mass is 212 g/mol. The Bertz CT molecular complexity index is 192. The van der Waals surface area contributed by atoms with Crippen molar-refractivity contribution in [2.75, 3.05) is 0 Å². The average molecular weight is 212 g/mol. The van der Waals surface area contributed by atoms with E-state index >= 15 is 0 Å². The summed E-state index contributed by atoms with van der Waals surface area (Å²) in [5.41, 5.74) is 0. The SMILES string of the molecule is FC(F)=C(F)OC(F)CC(F)(F)F. The molecule has 78 valence electrons. The standard InChI is InChI=1S/C5H3F7O/c6-2(1-5(10,11)12)13-4(9)3(7)8/h2H,1H2. The maximum atomic E-state index is 12.0. The first-order valence-corrected chi connectivity index (χ1v) is 2.80. The smallest absolute Gasteiger partial charge is 0.395 e. The summed E-state index contributed by atoms with van der Waals surface area (Å²) in [5.74, 6) is 0. The lowest BCUT2D eigenvalue weighted by Crippen LogP contribution is -2.17. The Hall–Kier alpha value is -0.950. The Morgan fingerprint density at radius 1 is 1.15 bits per heavy atom. The van der Waals surface area contributed by atoms with Crippen LogP contribution in [-0.2, 0) is 4.74 Å². The lowest BCUT2D eigenvalue weighted by atomic mass is 10.4. The maximum Gasteiger partial charge on any atom is 0.395 e. The highest BCUT2D eigenvalue weighted by atomic mass is 19.4. The highest BCUT2D eigenvalue weighted by Crippen LogP contribution is 2.25. The molecule has 13 heavy (non-hydrogen) atoms. The van der Waals surface area contributed by atoms with Gasteiger partial charge in [0.25, 0.3) is 0 Å². The molecule has 0 fully saturated rings. The number of ether oxygens (including phenoxy) is 1. The van der Waals surface area contributed by atoms with Crippen LogP contribution in [0.1, 0.15) is 6.42 Å². The summed E-state index contributed by atoms with van der Waals surface area (Å²) in [6, 6.07) is -2.64. The van der Waals surface area contributed by atoms with Crippen molar-refractivity contribution in [3.05, 3.63) is 12.1 Å². The molecule has 0 aliphatic heterocycles. The summed E-state index contributed by atoms with van der Waals surface area (Å²) < 4.78 is 82.8. The van der Waals surface area contributed by atoms with Crippen LogP contribution < -0.4 is 0 Å². The molecule has 0 aromatic heterocycles. The predicted octanol–water partition coefficient (Wildman–Crippen LogP) is 3.29. The van der Waals surface area contributed by atoms with E-state index in [2.05, 4.69) is 4.74 Å². The van der Waals surface area contributed by atoms with Crippen LogP contribution >= 0.6 is 0 Å². The molecule has 0 radical (unpaired) electrons. The second kappa shape index (κ2) is 4.33. The van der Waals surface area contributed by atoms with Crippen LogP contribution in [0.3, 0.4) is 0 Å². The second-order valence-corrected chi connectivity index (χ2v) is 1.88. The summed E-state index contributed by atoms with van der Waals surface area (Å²) in [5, 5.41) is 0. The van der Waals surface area contributed by atoms with Crippen molar-refractivity contribution in [3.63, 3.8) is 0 Å². The molecule has 0 aromatic rings. The zero-order chi connectivity index (χ0) is 10.6. The van der Waals surface area contributed by atoms with Crippen molar-refractivity contribution >= 4 is 0 Å². The molecular formula is C5H3F7O. The third kappa shape index (κ3) is 6.23. The summed E-state index contributed by atoms with van der Waals surface area (Å²) in [6.45, 7) is 0. The van der Waals surface area contributed by atoms with Gasteiger partial charge >= 0.3 is 18.3 Å². The molecule has 0 amide bonds. The molecule has 0 aromatic carbocycles. The number of hydrogen-bond donors (Lipinski definition) is 0. The molecule has 0 saturated heterocycles. The Kier molecular flexibility index (Phi) is 4.02. The van der Waals surface area contributed by atoms with Gasteiger partial charge in [-0.1, -0.05) is 0 Å². The van der Waals surface area contributed by atoms with Crippen LogP contribution in [0, 0.1) is 0 Å². The fourth-order valence-electron chi connectivity index (χ4n) is 0.380. The fraction of sp³-hybridized carbons (Fsp3) is 0.600. The summed E-state index contributed by atoms with van der Waals surface area (Å²) in [6.07, 6.45) is -13.3. The molecule has 1 atom stereocenters. The first kappa shape index (κ1) is 12.0. The molecule has 1 nitrogen and oxygen atoms in total. The van der Waals surface area contributed by atoms with Crippen LogP contribution in [0.2, 0.25) is 0 Å². The van der Waals surface area contributed by atoms with Crippen molar-refractivity contribution in [1.29, 1.82) is 0 Å². The van der Waals surface area contributed by atoms with Gasteiger partial charge < -0.3 is 4.74 Å². The van der Waals surface area contributed by atoms with E-state index in [4.69, 9.17) is 0 Å². The first-order valence-electron chi connectivity index (χ1n) is 2.80. The molecule has 0 aliphatic carbocycles. The normalized spacial score (nSPS) is 13.8. The number of halogens is 7. The molecule has 0 heterocycles. The van der Waals surface area contributed by atoms with E-state index in [1.54, 1.807) is 0 Å². The largest absolute Gasteiger partial charge is 0.432 e. The predicted molar refractivity (Wildman–Crippen MR) is 27.0 cm³/mol. The Balaban J connectivity index is 4.03.